The maximum Gasteiger partial charge on any atom is 0.428 e. The van der Waals surface area contributed by atoms with Gasteiger partial charge in [-0.05, 0) is 44.2 Å². The number of carbonyl (C=O) groups is 1. The zero-order valence-corrected chi connectivity index (χ0v) is 18.2. The lowest BCUT2D eigenvalue weighted by Crippen LogP contribution is -2.62. The molecular formula is C22H18F7N3O3. The van der Waals surface area contributed by atoms with Crippen LogP contribution < -0.4 is 5.48 Å². The predicted octanol–water partition coefficient (Wildman–Crippen LogP) is 3.61. The molecule has 1 atom stereocenters. The Morgan fingerprint density at radius 1 is 1.14 bits per heavy atom. The Hall–Kier alpha value is -3.19. The molecule has 13 heteroatoms. The minimum absolute atomic E-state index is 0.0234. The van der Waals surface area contributed by atoms with Gasteiger partial charge in [0.15, 0.2) is 23.1 Å². The highest BCUT2D eigenvalue weighted by atomic mass is 19.4. The van der Waals surface area contributed by atoms with Crippen molar-refractivity contribution in [1.29, 1.82) is 0 Å². The number of hydrogen-bond donors (Lipinski definition) is 2. The van der Waals surface area contributed by atoms with E-state index in [4.69, 9.17) is 4.84 Å². The van der Waals surface area contributed by atoms with E-state index in [9.17, 15) is 36.2 Å². The number of hydrogen-bond acceptors (Lipinski definition) is 5. The van der Waals surface area contributed by atoms with Crippen molar-refractivity contribution in [2.24, 2.45) is 0 Å². The van der Waals surface area contributed by atoms with Crippen molar-refractivity contribution in [3.05, 3.63) is 70.8 Å². The molecule has 2 N–H and O–H groups in total. The highest BCUT2D eigenvalue weighted by Gasteiger charge is 2.60. The molecule has 1 aromatic carbocycles. The summed E-state index contributed by atoms with van der Waals surface area (Å²) in [5.41, 5.74) is -6.40. The molecule has 0 bridgehead atoms. The number of alkyl halides is 4. The predicted molar refractivity (Wildman–Crippen MR) is 106 cm³/mol. The van der Waals surface area contributed by atoms with Crippen LogP contribution in [0.5, 0.6) is 0 Å². The molecule has 6 nitrogen and oxygen atoms in total. The first-order valence-electron chi connectivity index (χ1n) is 10.1. The van der Waals surface area contributed by atoms with Crippen LogP contribution in [-0.4, -0.2) is 45.8 Å². The molecule has 1 saturated heterocycles. The fraction of sp³-hybridized carbons (Fsp3) is 0.364. The third-order valence-electron chi connectivity index (χ3n) is 5.73. The van der Waals surface area contributed by atoms with E-state index in [1.807, 2.05) is 5.48 Å². The van der Waals surface area contributed by atoms with Crippen LogP contribution in [0.4, 0.5) is 30.7 Å². The number of halogens is 7. The van der Waals surface area contributed by atoms with Gasteiger partial charge in [0.2, 0.25) is 5.60 Å². The molecule has 2 aromatic rings. The third kappa shape index (κ3) is 4.12. The van der Waals surface area contributed by atoms with Crippen molar-refractivity contribution in [3.8, 4) is 0 Å². The largest absolute Gasteiger partial charge is 0.428 e. The van der Waals surface area contributed by atoms with E-state index in [-0.39, 0.29) is 42.2 Å². The Bertz CT molecular complexity index is 1180. The maximum atomic E-state index is 15.1. The summed E-state index contributed by atoms with van der Waals surface area (Å²) >= 11 is 0. The lowest BCUT2D eigenvalue weighted by atomic mass is 9.89. The summed E-state index contributed by atoms with van der Waals surface area (Å²) in [5.74, 6) is -6.26. The number of rotatable bonds is 4. The van der Waals surface area contributed by atoms with E-state index in [2.05, 4.69) is 4.98 Å². The Kier molecular flexibility index (Phi) is 5.64. The molecule has 1 fully saturated rings. The SMILES string of the molecule is CC(C)(O)C(=O)N1CC(F)(c2ccc(C3=CC(c4cc(F)c(F)c(F)c4)(C(F)(F)F)ON3)cn2)C1. The molecule has 2 aliphatic heterocycles. The van der Waals surface area contributed by atoms with Gasteiger partial charge in [0.1, 0.15) is 5.60 Å². The number of pyridine rings is 1. The highest BCUT2D eigenvalue weighted by molar-refractivity contribution is 5.85. The summed E-state index contributed by atoms with van der Waals surface area (Å²) in [6, 6.07) is 2.80. The van der Waals surface area contributed by atoms with Crippen LogP contribution in [0.3, 0.4) is 0 Å². The van der Waals surface area contributed by atoms with E-state index in [0.717, 1.165) is 11.1 Å². The maximum absolute atomic E-state index is 15.1. The number of aliphatic hydroxyl groups is 1. The molecule has 1 amide bonds. The summed E-state index contributed by atoms with van der Waals surface area (Å²) in [4.78, 5) is 21.8. The second kappa shape index (κ2) is 7.92. The van der Waals surface area contributed by atoms with Gasteiger partial charge in [-0.1, -0.05) is 0 Å². The van der Waals surface area contributed by atoms with Crippen LogP contribution in [0.2, 0.25) is 0 Å². The lowest BCUT2D eigenvalue weighted by Gasteiger charge is -2.45. The van der Waals surface area contributed by atoms with Gasteiger partial charge in [0.25, 0.3) is 5.91 Å². The molecule has 0 radical (unpaired) electrons. The summed E-state index contributed by atoms with van der Waals surface area (Å²) in [6.07, 6.45) is -3.65. The lowest BCUT2D eigenvalue weighted by molar-refractivity contribution is -0.269. The minimum Gasteiger partial charge on any atom is -0.381 e. The number of likely N-dealkylation sites (tertiary alicyclic amines) is 1. The standard InChI is InChI=1S/C22H18F7N3O3/c1-19(2,34)18(33)32-9-20(26,10-32)16-4-3-11(8-30-16)15-7-21(35-31-15,22(27,28)29)12-5-13(23)17(25)14(24)6-12/h3-8,31,34H,9-10H2,1-2H3. The molecule has 2 aliphatic rings. The number of nitrogens with one attached hydrogen (secondary N) is 1. The van der Waals surface area contributed by atoms with Crippen molar-refractivity contribution in [2.45, 2.75) is 36.9 Å². The van der Waals surface area contributed by atoms with Gasteiger partial charge in [-0.15, -0.1) is 0 Å². The Labute approximate surface area is 194 Å². The van der Waals surface area contributed by atoms with Gasteiger partial charge in [0, 0.05) is 17.3 Å². The van der Waals surface area contributed by atoms with Gasteiger partial charge in [-0.2, -0.15) is 13.2 Å². The zero-order chi connectivity index (χ0) is 26.0. The monoisotopic (exact) mass is 505 g/mol. The van der Waals surface area contributed by atoms with Crippen LogP contribution in [0.15, 0.2) is 36.5 Å². The molecule has 3 heterocycles. The molecule has 4 rings (SSSR count). The summed E-state index contributed by atoms with van der Waals surface area (Å²) in [7, 11) is 0. The smallest absolute Gasteiger partial charge is 0.381 e. The number of nitrogens with zero attached hydrogens (tertiary/aromatic N) is 2. The quantitative estimate of drug-likeness (QED) is 0.491. The van der Waals surface area contributed by atoms with Gasteiger partial charge in [-0.25, -0.2) is 17.6 Å². The Morgan fingerprint density at radius 2 is 1.74 bits per heavy atom. The minimum atomic E-state index is -5.21. The van der Waals surface area contributed by atoms with Crippen LogP contribution in [0.25, 0.3) is 5.70 Å². The van der Waals surface area contributed by atoms with Crippen LogP contribution in [-0.2, 0) is 20.9 Å². The first-order chi connectivity index (χ1) is 16.1. The second-order valence-electron chi connectivity index (χ2n) is 8.87. The molecule has 35 heavy (non-hydrogen) atoms. The Balaban J connectivity index is 1.61. The average molecular weight is 505 g/mol. The van der Waals surface area contributed by atoms with Crippen molar-refractivity contribution in [1.82, 2.24) is 15.4 Å². The van der Waals surface area contributed by atoms with Crippen molar-refractivity contribution >= 4 is 11.6 Å². The van der Waals surface area contributed by atoms with Gasteiger partial charge >= 0.3 is 6.18 Å². The molecule has 188 valence electrons. The molecule has 0 spiro atoms. The second-order valence-corrected chi connectivity index (χ2v) is 8.87. The number of amides is 1. The van der Waals surface area contributed by atoms with Crippen LogP contribution in [0, 0.1) is 17.5 Å². The first-order valence-corrected chi connectivity index (χ1v) is 10.1. The van der Waals surface area contributed by atoms with E-state index >= 15 is 4.39 Å². The number of hydroxylamine groups is 1. The Morgan fingerprint density at radius 3 is 2.23 bits per heavy atom. The van der Waals surface area contributed by atoms with Gasteiger partial charge < -0.3 is 10.0 Å². The molecule has 0 aliphatic carbocycles. The van der Waals surface area contributed by atoms with Gasteiger partial charge in [0.05, 0.1) is 24.5 Å². The first kappa shape index (κ1) is 24.9. The van der Waals surface area contributed by atoms with Crippen LogP contribution in [0.1, 0.15) is 30.7 Å². The average Bonchev–Trinajstić information content (AvgIpc) is 3.21. The summed E-state index contributed by atoms with van der Waals surface area (Å²) < 4.78 is 97.5. The summed E-state index contributed by atoms with van der Waals surface area (Å²) in [5, 5.41) is 9.75. The van der Waals surface area contributed by atoms with E-state index < -0.39 is 52.0 Å². The van der Waals surface area contributed by atoms with E-state index in [1.165, 1.54) is 26.0 Å². The molecular weight excluding hydrogens is 487 g/mol. The molecule has 1 unspecified atom stereocenters. The van der Waals surface area contributed by atoms with E-state index in [1.54, 1.807) is 0 Å². The fourth-order valence-electron chi connectivity index (χ4n) is 3.82. The summed E-state index contributed by atoms with van der Waals surface area (Å²) in [6.45, 7) is 1.79. The number of carbonyl (C=O) groups excluding carboxylic acids is 1. The third-order valence-corrected chi connectivity index (χ3v) is 5.73. The number of aromatic nitrogens is 1. The highest BCUT2D eigenvalue weighted by Crippen LogP contribution is 2.48. The number of benzene rings is 1. The van der Waals surface area contributed by atoms with Crippen molar-refractivity contribution in [3.63, 3.8) is 0 Å². The van der Waals surface area contributed by atoms with Crippen molar-refractivity contribution < 1.29 is 45.5 Å². The van der Waals surface area contributed by atoms with Crippen LogP contribution >= 0.6 is 0 Å². The van der Waals surface area contributed by atoms with E-state index in [0.29, 0.717) is 6.08 Å². The fourth-order valence-corrected chi connectivity index (χ4v) is 3.82. The topological polar surface area (TPSA) is 74.7 Å². The van der Waals surface area contributed by atoms with Crippen molar-refractivity contribution in [2.75, 3.05) is 13.1 Å². The van der Waals surface area contributed by atoms with Gasteiger partial charge in [-0.3, -0.25) is 20.1 Å². The molecule has 1 aromatic heterocycles. The normalized spacial score (nSPS) is 21.9. The zero-order valence-electron chi connectivity index (χ0n) is 18.2. The molecule has 0 saturated carbocycles.